The van der Waals surface area contributed by atoms with Crippen molar-refractivity contribution in [1.29, 1.82) is 0 Å². The van der Waals surface area contributed by atoms with E-state index >= 15 is 0 Å². The van der Waals surface area contributed by atoms with Crippen molar-refractivity contribution < 1.29 is 23.7 Å². The molecule has 0 aliphatic carbocycles. The maximum absolute atomic E-state index is 6.12. The van der Waals surface area contributed by atoms with Crippen LogP contribution in [-0.2, 0) is 14.2 Å². The lowest BCUT2D eigenvalue weighted by Gasteiger charge is -2.16. The second kappa shape index (κ2) is 10.4. The Kier molecular flexibility index (Phi) is 8.77. The third-order valence-corrected chi connectivity index (χ3v) is 2.94. The Morgan fingerprint density at radius 1 is 0.952 bits per heavy atom. The zero-order valence-electron chi connectivity index (χ0n) is 13.0. The molecule has 6 heteroatoms. The molecule has 0 spiro atoms. The van der Waals surface area contributed by atoms with Gasteiger partial charge < -0.3 is 29.4 Å². The number of methoxy groups -OCH3 is 3. The molecule has 1 aromatic rings. The Morgan fingerprint density at radius 2 is 1.67 bits per heavy atom. The van der Waals surface area contributed by atoms with Crippen LogP contribution in [0.1, 0.15) is 11.6 Å². The van der Waals surface area contributed by atoms with E-state index in [-0.39, 0.29) is 6.04 Å². The summed E-state index contributed by atoms with van der Waals surface area (Å²) in [7, 11) is 4.86. The van der Waals surface area contributed by atoms with Gasteiger partial charge in [-0.3, -0.25) is 0 Å². The van der Waals surface area contributed by atoms with Crippen molar-refractivity contribution in [2.75, 3.05) is 54.4 Å². The van der Waals surface area contributed by atoms with Gasteiger partial charge in [0.15, 0.2) is 0 Å². The molecule has 0 saturated heterocycles. The van der Waals surface area contributed by atoms with Crippen LogP contribution in [0.2, 0.25) is 0 Å². The average molecular weight is 299 g/mol. The van der Waals surface area contributed by atoms with E-state index in [4.69, 9.17) is 29.4 Å². The van der Waals surface area contributed by atoms with Gasteiger partial charge in [-0.1, -0.05) is 0 Å². The summed E-state index contributed by atoms with van der Waals surface area (Å²) in [6.07, 6.45) is 0. The summed E-state index contributed by atoms with van der Waals surface area (Å²) in [5.74, 6) is 1.43. The fourth-order valence-electron chi connectivity index (χ4n) is 1.79. The number of nitrogens with two attached hydrogens (primary N) is 1. The van der Waals surface area contributed by atoms with Crippen LogP contribution in [-0.4, -0.2) is 54.4 Å². The molecule has 120 valence electrons. The summed E-state index contributed by atoms with van der Waals surface area (Å²) in [5, 5.41) is 0. The van der Waals surface area contributed by atoms with Crippen LogP contribution < -0.4 is 15.2 Å². The molecular weight excluding hydrogens is 274 g/mol. The van der Waals surface area contributed by atoms with Crippen LogP contribution in [0.4, 0.5) is 0 Å². The van der Waals surface area contributed by atoms with E-state index in [2.05, 4.69) is 0 Å². The summed E-state index contributed by atoms with van der Waals surface area (Å²) in [6.45, 7) is 2.57. The molecule has 0 saturated carbocycles. The summed E-state index contributed by atoms with van der Waals surface area (Å²) < 4.78 is 26.2. The number of rotatable bonds is 11. The summed E-state index contributed by atoms with van der Waals surface area (Å²) >= 11 is 0. The highest BCUT2D eigenvalue weighted by Crippen LogP contribution is 2.28. The van der Waals surface area contributed by atoms with Crippen LogP contribution in [0.15, 0.2) is 18.2 Å². The van der Waals surface area contributed by atoms with Crippen molar-refractivity contribution in [2.45, 2.75) is 6.04 Å². The topological polar surface area (TPSA) is 72.2 Å². The second-order valence-electron chi connectivity index (χ2n) is 4.39. The molecule has 0 amide bonds. The summed E-state index contributed by atoms with van der Waals surface area (Å²) in [4.78, 5) is 0. The minimum Gasteiger partial charge on any atom is -0.497 e. The first-order chi connectivity index (χ1) is 10.2. The largest absolute Gasteiger partial charge is 0.497 e. The fourth-order valence-corrected chi connectivity index (χ4v) is 1.79. The van der Waals surface area contributed by atoms with Crippen molar-refractivity contribution >= 4 is 0 Å². The highest BCUT2D eigenvalue weighted by molar-refractivity contribution is 5.42. The van der Waals surface area contributed by atoms with Crippen LogP contribution in [0.3, 0.4) is 0 Å². The van der Waals surface area contributed by atoms with Crippen molar-refractivity contribution in [3.8, 4) is 11.5 Å². The van der Waals surface area contributed by atoms with Gasteiger partial charge in [0, 0.05) is 18.7 Å². The van der Waals surface area contributed by atoms with Gasteiger partial charge in [0.25, 0.3) is 0 Å². The van der Waals surface area contributed by atoms with Crippen molar-refractivity contribution in [3.63, 3.8) is 0 Å². The molecule has 0 aromatic heterocycles. The van der Waals surface area contributed by atoms with Gasteiger partial charge >= 0.3 is 0 Å². The van der Waals surface area contributed by atoms with Gasteiger partial charge in [0.05, 0.1) is 53.3 Å². The minimum atomic E-state index is -0.259. The highest BCUT2D eigenvalue weighted by atomic mass is 16.5. The Balaban J connectivity index is 2.36. The number of benzene rings is 1. The highest BCUT2D eigenvalue weighted by Gasteiger charge is 2.13. The first kappa shape index (κ1) is 17.7. The third kappa shape index (κ3) is 6.31. The number of ether oxygens (including phenoxy) is 5. The molecule has 1 aromatic carbocycles. The fraction of sp³-hybridized carbons (Fsp3) is 0.600. The van der Waals surface area contributed by atoms with Crippen LogP contribution in [0.25, 0.3) is 0 Å². The number of hydrogen-bond acceptors (Lipinski definition) is 6. The molecule has 0 heterocycles. The van der Waals surface area contributed by atoms with E-state index in [1.165, 1.54) is 0 Å². The normalized spacial score (nSPS) is 12.2. The molecule has 0 bridgehead atoms. The second-order valence-corrected chi connectivity index (χ2v) is 4.39. The van der Waals surface area contributed by atoms with Crippen molar-refractivity contribution in [3.05, 3.63) is 23.8 Å². The zero-order chi connectivity index (χ0) is 15.5. The molecule has 6 nitrogen and oxygen atoms in total. The van der Waals surface area contributed by atoms with E-state index in [9.17, 15) is 0 Å². The van der Waals surface area contributed by atoms with Crippen LogP contribution >= 0.6 is 0 Å². The lowest BCUT2D eigenvalue weighted by atomic mass is 10.1. The predicted octanol–water partition coefficient (Wildman–Crippen LogP) is 1.38. The SMILES string of the molecule is COCCOCCOCC(N)c1ccc(OC)cc1OC. The monoisotopic (exact) mass is 299 g/mol. The molecule has 21 heavy (non-hydrogen) atoms. The van der Waals surface area contributed by atoms with E-state index in [1.54, 1.807) is 21.3 Å². The van der Waals surface area contributed by atoms with E-state index in [1.807, 2.05) is 18.2 Å². The molecule has 0 aliphatic rings. The van der Waals surface area contributed by atoms with Gasteiger partial charge in [-0.05, 0) is 12.1 Å². The van der Waals surface area contributed by atoms with Crippen molar-refractivity contribution in [2.24, 2.45) is 5.73 Å². The number of hydrogen-bond donors (Lipinski definition) is 1. The van der Waals surface area contributed by atoms with E-state index in [0.29, 0.717) is 38.8 Å². The molecule has 0 fully saturated rings. The minimum absolute atomic E-state index is 0.259. The van der Waals surface area contributed by atoms with Crippen molar-refractivity contribution in [1.82, 2.24) is 0 Å². The predicted molar refractivity (Wildman–Crippen MR) is 80.0 cm³/mol. The van der Waals surface area contributed by atoms with Crippen LogP contribution in [0.5, 0.6) is 11.5 Å². The first-order valence-corrected chi connectivity index (χ1v) is 6.84. The molecular formula is C15H25NO5. The van der Waals surface area contributed by atoms with Gasteiger partial charge in [0.2, 0.25) is 0 Å². The summed E-state index contributed by atoms with van der Waals surface area (Å²) in [5.41, 5.74) is 7.01. The zero-order valence-corrected chi connectivity index (χ0v) is 13.0. The molecule has 2 N–H and O–H groups in total. The standard InChI is InChI=1S/C15H25NO5/c1-17-6-7-20-8-9-21-11-14(16)13-5-4-12(18-2)10-15(13)19-3/h4-5,10,14H,6-9,11,16H2,1-3H3. The lowest BCUT2D eigenvalue weighted by molar-refractivity contribution is 0.0214. The first-order valence-electron chi connectivity index (χ1n) is 6.84. The Hall–Kier alpha value is -1.34. The van der Waals surface area contributed by atoms with Gasteiger partial charge in [0.1, 0.15) is 11.5 Å². The smallest absolute Gasteiger partial charge is 0.127 e. The van der Waals surface area contributed by atoms with E-state index < -0.39 is 0 Å². The lowest BCUT2D eigenvalue weighted by Crippen LogP contribution is -2.19. The molecule has 0 aliphatic heterocycles. The van der Waals surface area contributed by atoms with Crippen LogP contribution in [0, 0.1) is 0 Å². The van der Waals surface area contributed by atoms with E-state index in [0.717, 1.165) is 11.3 Å². The average Bonchev–Trinajstić information content (AvgIpc) is 2.53. The molecule has 0 radical (unpaired) electrons. The molecule has 1 rings (SSSR count). The molecule has 1 atom stereocenters. The van der Waals surface area contributed by atoms with Gasteiger partial charge in [-0.2, -0.15) is 0 Å². The maximum atomic E-state index is 6.12. The Morgan fingerprint density at radius 3 is 2.33 bits per heavy atom. The summed E-state index contributed by atoms with van der Waals surface area (Å²) in [6, 6.07) is 5.29. The van der Waals surface area contributed by atoms with Gasteiger partial charge in [-0.15, -0.1) is 0 Å². The maximum Gasteiger partial charge on any atom is 0.127 e. The van der Waals surface area contributed by atoms with Gasteiger partial charge in [-0.25, -0.2) is 0 Å². The third-order valence-electron chi connectivity index (χ3n) is 2.94. The quantitative estimate of drug-likeness (QED) is 0.622. The molecule has 1 unspecified atom stereocenters. The Bertz CT molecular complexity index is 400. The Labute approximate surface area is 126 Å².